The van der Waals surface area contributed by atoms with E-state index >= 15 is 0 Å². The highest BCUT2D eigenvalue weighted by Crippen LogP contribution is 2.24. The van der Waals surface area contributed by atoms with E-state index in [1.807, 2.05) is 37.3 Å². The molecular weight excluding hydrogens is 263 g/mol. The Morgan fingerprint density at radius 2 is 1.89 bits per heavy atom. The Morgan fingerprint density at radius 3 is 2.42 bits per heavy atom. The second-order valence-corrected chi connectivity index (χ2v) is 5.03. The summed E-state index contributed by atoms with van der Waals surface area (Å²) in [4.78, 5) is 12.0. The zero-order valence-electron chi connectivity index (χ0n) is 11.4. The van der Waals surface area contributed by atoms with Crippen LogP contribution < -0.4 is 0 Å². The van der Waals surface area contributed by atoms with Crippen molar-refractivity contribution in [1.82, 2.24) is 0 Å². The van der Waals surface area contributed by atoms with Crippen molar-refractivity contribution in [3.8, 4) is 0 Å². The Bertz CT molecular complexity index is 394. The second-order valence-electron chi connectivity index (χ2n) is 4.10. The van der Waals surface area contributed by atoms with Gasteiger partial charge in [-0.3, -0.25) is 4.79 Å². The van der Waals surface area contributed by atoms with Crippen LogP contribution in [0.1, 0.15) is 19.4 Å². The van der Waals surface area contributed by atoms with E-state index in [2.05, 4.69) is 0 Å². The Morgan fingerprint density at radius 1 is 1.21 bits per heavy atom. The number of rotatable bonds is 8. The maximum atomic E-state index is 12.0. The van der Waals surface area contributed by atoms with Crippen LogP contribution in [0.2, 0.25) is 0 Å². The van der Waals surface area contributed by atoms with Gasteiger partial charge >= 0.3 is 5.97 Å². The third-order valence-electron chi connectivity index (χ3n) is 2.78. The number of carbonyl (C=O) groups is 1. The summed E-state index contributed by atoms with van der Waals surface area (Å²) in [5, 5.41) is 0. The Kier molecular flexibility index (Phi) is 7.46. The molecule has 4 nitrogen and oxygen atoms in total. The van der Waals surface area contributed by atoms with Crippen molar-refractivity contribution in [3.63, 3.8) is 0 Å². The first-order chi connectivity index (χ1) is 9.22. The predicted octanol–water partition coefficient (Wildman–Crippen LogP) is 2.53. The van der Waals surface area contributed by atoms with Crippen LogP contribution in [0.3, 0.4) is 0 Å². The number of hydrogen-bond acceptors (Lipinski definition) is 4. The van der Waals surface area contributed by atoms with Gasteiger partial charge in [-0.1, -0.05) is 30.3 Å². The maximum absolute atomic E-state index is 12.0. The zero-order chi connectivity index (χ0) is 14.1. The topological polar surface area (TPSA) is 52.6 Å². The first-order valence-corrected chi connectivity index (χ1v) is 7.64. The molecule has 3 unspecified atom stereocenters. The van der Waals surface area contributed by atoms with Crippen LogP contribution in [0.4, 0.5) is 0 Å². The van der Waals surface area contributed by atoms with Gasteiger partial charge in [-0.2, -0.15) is 0 Å². The van der Waals surface area contributed by atoms with E-state index in [9.17, 15) is 9.36 Å². The molecule has 0 aliphatic rings. The van der Waals surface area contributed by atoms with Gasteiger partial charge in [0.2, 0.25) is 0 Å². The first kappa shape index (κ1) is 15.9. The van der Waals surface area contributed by atoms with Gasteiger partial charge in [0.05, 0.1) is 21.0 Å². The highest BCUT2D eigenvalue weighted by molar-refractivity contribution is 7.24. The Balaban J connectivity index is 2.84. The summed E-state index contributed by atoms with van der Waals surface area (Å²) in [7, 11) is -1.18. The lowest BCUT2D eigenvalue weighted by atomic mass is 10.00. The molecule has 0 aliphatic carbocycles. The monoisotopic (exact) mass is 284 g/mol. The summed E-state index contributed by atoms with van der Waals surface area (Å²) < 4.78 is 21.8. The molecule has 5 heteroatoms. The summed E-state index contributed by atoms with van der Waals surface area (Å²) in [6, 6.07) is 9.63. The molecular formula is C14H21O4P. The van der Waals surface area contributed by atoms with Crippen molar-refractivity contribution in [3.05, 3.63) is 35.9 Å². The molecule has 0 spiro atoms. The van der Waals surface area contributed by atoms with Crippen molar-refractivity contribution in [2.24, 2.45) is 5.92 Å². The smallest absolute Gasteiger partial charge is 0.312 e. The van der Waals surface area contributed by atoms with Gasteiger partial charge in [-0.05, 0) is 25.8 Å². The minimum atomic E-state index is -1.18. The van der Waals surface area contributed by atoms with Gasteiger partial charge in [0.25, 0.3) is 0 Å². The molecule has 0 saturated carbocycles. The van der Waals surface area contributed by atoms with E-state index in [1.165, 1.54) is 0 Å². The minimum Gasteiger partial charge on any atom is -0.466 e. The van der Waals surface area contributed by atoms with Crippen molar-refractivity contribution >= 4 is 14.4 Å². The van der Waals surface area contributed by atoms with Crippen LogP contribution in [0.15, 0.2) is 30.3 Å². The summed E-state index contributed by atoms with van der Waals surface area (Å²) in [5.74, 6) is -1.40. The molecule has 3 atom stereocenters. The maximum Gasteiger partial charge on any atom is 0.312 e. The van der Waals surface area contributed by atoms with Gasteiger partial charge in [0.1, 0.15) is 5.85 Å². The molecule has 0 aromatic heterocycles. The van der Waals surface area contributed by atoms with Gasteiger partial charge < -0.3 is 14.0 Å². The lowest BCUT2D eigenvalue weighted by Gasteiger charge is -2.21. The molecule has 1 aromatic rings. The number of hydrogen-bond donors (Lipinski definition) is 0. The van der Waals surface area contributed by atoms with Crippen molar-refractivity contribution in [1.29, 1.82) is 0 Å². The molecule has 0 saturated heterocycles. The summed E-state index contributed by atoms with van der Waals surface area (Å²) >= 11 is 0. The molecule has 0 bridgehead atoms. The molecule has 19 heavy (non-hydrogen) atoms. The largest absolute Gasteiger partial charge is 0.466 e. The SMILES string of the molecule is CCOC(=O)C(Cc1ccccc1)C(OCC)[PH2]=O. The fraction of sp³-hybridized carbons (Fsp3) is 0.500. The lowest BCUT2D eigenvalue weighted by Crippen LogP contribution is -2.30. The number of ether oxygens (including phenoxy) is 2. The third kappa shape index (κ3) is 5.17. The van der Waals surface area contributed by atoms with Gasteiger partial charge in [-0.15, -0.1) is 0 Å². The number of esters is 1. The Hall–Kier alpha value is -1.12. The van der Waals surface area contributed by atoms with Crippen LogP contribution in [-0.2, 0) is 25.3 Å². The summed E-state index contributed by atoms with van der Waals surface area (Å²) in [5.41, 5.74) is 1.01. The molecule has 1 rings (SSSR count). The quantitative estimate of drug-likeness (QED) is 0.544. The highest BCUT2D eigenvalue weighted by Gasteiger charge is 2.29. The molecule has 0 aliphatic heterocycles. The van der Waals surface area contributed by atoms with Crippen molar-refractivity contribution in [2.75, 3.05) is 13.2 Å². The summed E-state index contributed by atoms with van der Waals surface area (Å²) in [6.07, 6.45) is 0.486. The third-order valence-corrected chi connectivity index (χ3v) is 3.70. The van der Waals surface area contributed by atoms with Crippen molar-refractivity contribution < 1.29 is 18.8 Å². The molecule has 106 valence electrons. The molecule has 1 aromatic carbocycles. The average molecular weight is 284 g/mol. The second kappa shape index (κ2) is 8.89. The van der Waals surface area contributed by atoms with Gasteiger partial charge in [0.15, 0.2) is 0 Å². The Labute approximate surface area is 115 Å². The van der Waals surface area contributed by atoms with Crippen LogP contribution in [-0.4, -0.2) is 25.0 Å². The lowest BCUT2D eigenvalue weighted by molar-refractivity contribution is -0.151. The van der Waals surface area contributed by atoms with Crippen LogP contribution in [0.25, 0.3) is 0 Å². The standard InChI is InChI=1S/C14H21O4P/c1-3-17-13(15)12(14(19-16)18-4-2)10-11-8-6-5-7-9-11/h5-9,12,14H,3-4,10,19H2,1-2H3. The fourth-order valence-electron chi connectivity index (χ4n) is 1.89. The van der Waals surface area contributed by atoms with Crippen LogP contribution in [0.5, 0.6) is 0 Å². The van der Waals surface area contributed by atoms with E-state index < -0.39 is 20.2 Å². The van der Waals surface area contributed by atoms with E-state index in [0.29, 0.717) is 19.6 Å². The fourth-order valence-corrected chi connectivity index (χ4v) is 2.65. The van der Waals surface area contributed by atoms with Crippen molar-refractivity contribution in [2.45, 2.75) is 26.1 Å². The molecule has 0 radical (unpaired) electrons. The van der Waals surface area contributed by atoms with E-state index in [4.69, 9.17) is 9.47 Å². The minimum absolute atomic E-state index is 0.317. The van der Waals surface area contributed by atoms with E-state index in [-0.39, 0.29) is 5.97 Å². The van der Waals surface area contributed by atoms with Crippen LogP contribution in [0, 0.1) is 5.92 Å². The molecule has 0 amide bonds. The van der Waals surface area contributed by atoms with Gasteiger partial charge in [0, 0.05) is 6.61 Å². The van der Waals surface area contributed by atoms with E-state index in [1.54, 1.807) is 6.92 Å². The van der Waals surface area contributed by atoms with Gasteiger partial charge in [-0.25, -0.2) is 0 Å². The average Bonchev–Trinajstić information content (AvgIpc) is 2.44. The molecule has 0 N–H and O–H groups in total. The van der Waals surface area contributed by atoms with Crippen LogP contribution >= 0.6 is 8.46 Å². The normalized spacial score (nSPS) is 14.4. The number of carbonyl (C=O) groups excluding carboxylic acids is 1. The predicted molar refractivity (Wildman–Crippen MR) is 76.1 cm³/mol. The summed E-state index contributed by atoms with van der Waals surface area (Å²) in [6.45, 7) is 4.34. The highest BCUT2D eigenvalue weighted by atomic mass is 31.1. The molecule has 0 heterocycles. The first-order valence-electron chi connectivity index (χ1n) is 6.50. The molecule has 0 fully saturated rings. The van der Waals surface area contributed by atoms with E-state index in [0.717, 1.165) is 5.56 Å². The zero-order valence-corrected chi connectivity index (χ0v) is 12.5. The number of benzene rings is 1.